The summed E-state index contributed by atoms with van der Waals surface area (Å²) in [6, 6.07) is 2.42. The Balaban J connectivity index is 2.82. The van der Waals surface area contributed by atoms with E-state index in [1.54, 1.807) is 6.26 Å². The molecule has 0 spiro atoms. The minimum absolute atomic E-state index is 0.387. The van der Waals surface area contributed by atoms with Gasteiger partial charge in [0.15, 0.2) is 4.67 Å². The van der Waals surface area contributed by atoms with E-state index in [-0.39, 0.29) is 0 Å². The van der Waals surface area contributed by atoms with Gasteiger partial charge < -0.3 is 9.73 Å². The van der Waals surface area contributed by atoms with Gasteiger partial charge in [-0.3, -0.25) is 0 Å². The molecular formula is C11H18BrNO. The molecule has 0 bridgehead atoms. The molecule has 2 nitrogen and oxygen atoms in total. The summed E-state index contributed by atoms with van der Waals surface area (Å²) in [5.74, 6) is 0.615. The second kappa shape index (κ2) is 5.56. The highest BCUT2D eigenvalue weighted by atomic mass is 79.9. The highest BCUT2D eigenvalue weighted by molar-refractivity contribution is 9.10. The van der Waals surface area contributed by atoms with Crippen LogP contribution in [0.15, 0.2) is 21.4 Å². The second-order valence-electron chi connectivity index (χ2n) is 3.57. The molecule has 80 valence electrons. The van der Waals surface area contributed by atoms with Crippen molar-refractivity contribution in [2.24, 2.45) is 5.92 Å². The van der Waals surface area contributed by atoms with Crippen LogP contribution in [0.1, 0.15) is 38.8 Å². The van der Waals surface area contributed by atoms with Crippen LogP contribution < -0.4 is 5.32 Å². The third-order valence-electron chi connectivity index (χ3n) is 2.62. The molecule has 0 saturated carbocycles. The Morgan fingerprint density at radius 3 is 2.64 bits per heavy atom. The predicted molar refractivity (Wildman–Crippen MR) is 62.3 cm³/mol. The fraction of sp³-hybridized carbons (Fsp3) is 0.636. The Bertz CT molecular complexity index is 272. The average Bonchev–Trinajstić information content (AvgIpc) is 2.60. The van der Waals surface area contributed by atoms with E-state index in [1.807, 2.05) is 6.07 Å². The van der Waals surface area contributed by atoms with Crippen molar-refractivity contribution >= 4 is 15.9 Å². The monoisotopic (exact) mass is 259 g/mol. The summed E-state index contributed by atoms with van der Waals surface area (Å²) >= 11 is 3.43. The van der Waals surface area contributed by atoms with E-state index < -0.39 is 0 Å². The topological polar surface area (TPSA) is 25.2 Å². The summed E-state index contributed by atoms with van der Waals surface area (Å²) in [4.78, 5) is 0. The zero-order valence-electron chi connectivity index (χ0n) is 9.01. The van der Waals surface area contributed by atoms with Crippen molar-refractivity contribution in [2.45, 2.75) is 33.2 Å². The van der Waals surface area contributed by atoms with Gasteiger partial charge in [-0.25, -0.2) is 0 Å². The van der Waals surface area contributed by atoms with Crippen LogP contribution in [-0.4, -0.2) is 6.54 Å². The fourth-order valence-corrected chi connectivity index (χ4v) is 2.09. The van der Waals surface area contributed by atoms with Crippen LogP contribution in [0.2, 0.25) is 0 Å². The van der Waals surface area contributed by atoms with Crippen LogP contribution in [-0.2, 0) is 0 Å². The van der Waals surface area contributed by atoms with E-state index >= 15 is 0 Å². The van der Waals surface area contributed by atoms with Gasteiger partial charge in [0.2, 0.25) is 0 Å². The molecule has 0 aliphatic carbocycles. The normalized spacial score (nSPS) is 15.4. The van der Waals surface area contributed by atoms with Gasteiger partial charge >= 0.3 is 0 Å². The van der Waals surface area contributed by atoms with Crippen molar-refractivity contribution in [1.29, 1.82) is 0 Å². The summed E-state index contributed by atoms with van der Waals surface area (Å²) < 4.78 is 6.11. The minimum atomic E-state index is 0.387. The van der Waals surface area contributed by atoms with E-state index in [2.05, 4.69) is 42.0 Å². The van der Waals surface area contributed by atoms with Crippen LogP contribution >= 0.6 is 15.9 Å². The summed E-state index contributed by atoms with van der Waals surface area (Å²) in [5, 5.41) is 3.49. The number of hydrogen-bond donors (Lipinski definition) is 1. The number of furan rings is 1. The standard InChI is InChI=1S/C11H18BrNO/c1-4-8(3)10(13-5-2)9-6-7-14-11(9)12/h6-8,10,13H,4-5H2,1-3H3. The van der Waals surface area contributed by atoms with Gasteiger partial charge in [0.25, 0.3) is 0 Å². The number of halogens is 1. The van der Waals surface area contributed by atoms with Gasteiger partial charge in [-0.15, -0.1) is 0 Å². The van der Waals surface area contributed by atoms with E-state index in [0.717, 1.165) is 17.6 Å². The fourth-order valence-electron chi connectivity index (χ4n) is 1.60. The Morgan fingerprint density at radius 1 is 1.50 bits per heavy atom. The molecule has 1 heterocycles. The van der Waals surface area contributed by atoms with Crippen molar-refractivity contribution in [3.63, 3.8) is 0 Å². The third kappa shape index (κ3) is 2.61. The molecular weight excluding hydrogens is 242 g/mol. The Morgan fingerprint density at radius 2 is 2.21 bits per heavy atom. The van der Waals surface area contributed by atoms with E-state index in [0.29, 0.717) is 12.0 Å². The van der Waals surface area contributed by atoms with Gasteiger partial charge in [-0.05, 0) is 34.5 Å². The predicted octanol–water partition coefficient (Wildman–Crippen LogP) is 3.74. The molecule has 0 aromatic carbocycles. The van der Waals surface area contributed by atoms with Gasteiger partial charge in [0.05, 0.1) is 6.26 Å². The second-order valence-corrected chi connectivity index (χ2v) is 4.29. The first-order chi connectivity index (χ1) is 6.70. The van der Waals surface area contributed by atoms with E-state index in [1.165, 1.54) is 5.56 Å². The van der Waals surface area contributed by atoms with Gasteiger partial charge in [0, 0.05) is 11.6 Å². The maximum atomic E-state index is 5.26. The van der Waals surface area contributed by atoms with Crippen LogP contribution in [0.5, 0.6) is 0 Å². The first-order valence-corrected chi connectivity index (χ1v) is 5.96. The van der Waals surface area contributed by atoms with Gasteiger partial charge in [0.1, 0.15) is 0 Å². The first-order valence-electron chi connectivity index (χ1n) is 5.16. The average molecular weight is 260 g/mol. The van der Waals surface area contributed by atoms with Crippen molar-refractivity contribution in [2.75, 3.05) is 6.54 Å². The summed E-state index contributed by atoms with van der Waals surface area (Å²) in [7, 11) is 0. The highest BCUT2D eigenvalue weighted by Crippen LogP contribution is 2.30. The molecule has 14 heavy (non-hydrogen) atoms. The smallest absolute Gasteiger partial charge is 0.173 e. The van der Waals surface area contributed by atoms with Crippen LogP contribution in [0.3, 0.4) is 0 Å². The Labute approximate surface area is 94.2 Å². The molecule has 0 aliphatic rings. The van der Waals surface area contributed by atoms with Crippen LogP contribution in [0, 0.1) is 5.92 Å². The number of nitrogens with one attached hydrogen (secondary N) is 1. The van der Waals surface area contributed by atoms with Crippen LogP contribution in [0.25, 0.3) is 0 Å². The molecule has 2 unspecified atom stereocenters. The maximum absolute atomic E-state index is 5.26. The van der Waals surface area contributed by atoms with Crippen molar-refractivity contribution in [3.8, 4) is 0 Å². The lowest BCUT2D eigenvalue weighted by Crippen LogP contribution is -2.26. The van der Waals surface area contributed by atoms with Gasteiger partial charge in [-0.1, -0.05) is 27.2 Å². The molecule has 0 fully saturated rings. The summed E-state index contributed by atoms with van der Waals surface area (Å²) in [6.45, 7) is 7.58. The SMILES string of the molecule is CCNC(c1ccoc1Br)C(C)CC. The molecule has 0 saturated heterocycles. The number of hydrogen-bond acceptors (Lipinski definition) is 2. The largest absolute Gasteiger partial charge is 0.457 e. The summed E-state index contributed by atoms with van der Waals surface area (Å²) in [6.07, 6.45) is 2.89. The molecule has 0 amide bonds. The van der Waals surface area contributed by atoms with Crippen molar-refractivity contribution < 1.29 is 4.42 Å². The first kappa shape index (κ1) is 11.8. The maximum Gasteiger partial charge on any atom is 0.173 e. The van der Waals surface area contributed by atoms with Gasteiger partial charge in [-0.2, -0.15) is 0 Å². The zero-order valence-corrected chi connectivity index (χ0v) is 10.6. The van der Waals surface area contributed by atoms with E-state index in [4.69, 9.17) is 4.42 Å². The molecule has 2 atom stereocenters. The van der Waals surface area contributed by atoms with E-state index in [9.17, 15) is 0 Å². The zero-order chi connectivity index (χ0) is 10.6. The molecule has 1 aromatic rings. The lowest BCUT2D eigenvalue weighted by molar-refractivity contribution is 0.377. The highest BCUT2D eigenvalue weighted by Gasteiger charge is 2.20. The Hall–Kier alpha value is -0.280. The van der Waals surface area contributed by atoms with Crippen molar-refractivity contribution in [1.82, 2.24) is 5.32 Å². The summed E-state index contributed by atoms with van der Waals surface area (Å²) in [5.41, 5.74) is 1.22. The lowest BCUT2D eigenvalue weighted by atomic mass is 9.94. The molecule has 1 rings (SSSR count). The Kier molecular flexibility index (Phi) is 4.69. The molecule has 1 N–H and O–H groups in total. The minimum Gasteiger partial charge on any atom is -0.457 e. The number of rotatable bonds is 5. The lowest BCUT2D eigenvalue weighted by Gasteiger charge is -2.23. The van der Waals surface area contributed by atoms with Crippen LogP contribution in [0.4, 0.5) is 0 Å². The molecule has 0 radical (unpaired) electrons. The molecule has 3 heteroatoms. The quantitative estimate of drug-likeness (QED) is 0.872. The van der Waals surface area contributed by atoms with Crippen molar-refractivity contribution in [3.05, 3.63) is 22.6 Å². The molecule has 1 aromatic heterocycles. The molecule has 0 aliphatic heterocycles. The third-order valence-corrected chi connectivity index (χ3v) is 3.26.